The summed E-state index contributed by atoms with van der Waals surface area (Å²) < 4.78 is 1.95. The maximum Gasteiger partial charge on any atom is 0.231 e. The fraction of sp³-hybridized carbons (Fsp3) is 0.211. The Hall–Kier alpha value is -2.35. The second kappa shape index (κ2) is 4.59. The maximum absolute atomic E-state index is 12.4. The van der Waals surface area contributed by atoms with Crippen molar-refractivity contribution in [1.29, 1.82) is 0 Å². The van der Waals surface area contributed by atoms with Gasteiger partial charge in [-0.1, -0.05) is 42.0 Å². The first kappa shape index (κ1) is 12.4. The Labute approximate surface area is 124 Å². The van der Waals surface area contributed by atoms with Crippen LogP contribution in [0.15, 0.2) is 48.5 Å². The van der Waals surface area contributed by atoms with E-state index in [9.17, 15) is 4.79 Å². The maximum atomic E-state index is 12.4. The van der Waals surface area contributed by atoms with Crippen LogP contribution in [0, 0.1) is 6.92 Å². The molecule has 0 fully saturated rings. The number of hydrogen-bond acceptors (Lipinski definition) is 1. The van der Waals surface area contributed by atoms with E-state index in [2.05, 4.69) is 49.4 Å². The minimum absolute atomic E-state index is 0.229. The van der Waals surface area contributed by atoms with Crippen LogP contribution in [0.5, 0.6) is 0 Å². The molecule has 0 amide bonds. The number of carbonyl (C=O) groups excluding carboxylic acids is 1. The highest BCUT2D eigenvalue weighted by atomic mass is 16.2. The van der Waals surface area contributed by atoms with E-state index in [0.717, 1.165) is 18.4 Å². The highest BCUT2D eigenvalue weighted by molar-refractivity contribution is 6.04. The van der Waals surface area contributed by atoms with Crippen molar-refractivity contribution in [1.82, 2.24) is 4.57 Å². The summed E-state index contributed by atoms with van der Waals surface area (Å²) >= 11 is 0. The fourth-order valence-corrected chi connectivity index (χ4v) is 3.43. The second-order valence-corrected chi connectivity index (χ2v) is 5.79. The van der Waals surface area contributed by atoms with Crippen molar-refractivity contribution in [3.8, 4) is 11.1 Å². The van der Waals surface area contributed by atoms with Crippen molar-refractivity contribution >= 4 is 16.8 Å². The predicted molar refractivity (Wildman–Crippen MR) is 85.7 cm³/mol. The Bertz CT molecular complexity index is 843. The van der Waals surface area contributed by atoms with Crippen LogP contribution in [0.3, 0.4) is 0 Å². The van der Waals surface area contributed by atoms with Crippen molar-refractivity contribution in [2.75, 3.05) is 0 Å². The van der Waals surface area contributed by atoms with Gasteiger partial charge in [0, 0.05) is 23.1 Å². The van der Waals surface area contributed by atoms with E-state index in [1.807, 2.05) is 10.6 Å². The minimum atomic E-state index is 0.229. The van der Waals surface area contributed by atoms with E-state index in [1.165, 1.54) is 27.8 Å². The lowest BCUT2D eigenvalue weighted by molar-refractivity contribution is 0.0890. The SMILES string of the molecule is Cc1ccc2c(c1)c(-c1ccccc1)c1n2C(=O)CCC1. The summed E-state index contributed by atoms with van der Waals surface area (Å²) in [6.45, 7) is 2.10. The van der Waals surface area contributed by atoms with Crippen LogP contribution in [-0.4, -0.2) is 10.5 Å². The molecule has 0 aliphatic carbocycles. The van der Waals surface area contributed by atoms with Crippen LogP contribution >= 0.6 is 0 Å². The summed E-state index contributed by atoms with van der Waals surface area (Å²) in [6, 6.07) is 16.8. The third-order valence-corrected chi connectivity index (χ3v) is 4.34. The number of nitrogens with zero attached hydrogens (tertiary/aromatic N) is 1. The Morgan fingerprint density at radius 3 is 2.62 bits per heavy atom. The third kappa shape index (κ3) is 1.83. The molecule has 0 saturated heterocycles. The average molecular weight is 275 g/mol. The number of carbonyl (C=O) groups is 1. The summed E-state index contributed by atoms with van der Waals surface area (Å²) in [4.78, 5) is 12.4. The zero-order valence-electron chi connectivity index (χ0n) is 12.1. The van der Waals surface area contributed by atoms with Crippen LogP contribution in [0.2, 0.25) is 0 Å². The Morgan fingerprint density at radius 1 is 1.00 bits per heavy atom. The lowest BCUT2D eigenvalue weighted by atomic mass is 9.98. The Kier molecular flexibility index (Phi) is 2.71. The molecule has 0 spiro atoms. The molecule has 0 N–H and O–H groups in total. The van der Waals surface area contributed by atoms with Gasteiger partial charge >= 0.3 is 0 Å². The molecular weight excluding hydrogens is 258 g/mol. The zero-order chi connectivity index (χ0) is 14.4. The summed E-state index contributed by atoms with van der Waals surface area (Å²) in [5, 5.41) is 1.20. The lowest BCUT2D eigenvalue weighted by Crippen LogP contribution is -2.18. The number of aryl methyl sites for hydroxylation is 1. The van der Waals surface area contributed by atoms with Gasteiger partial charge in [0.1, 0.15) is 0 Å². The molecule has 1 aliphatic rings. The summed E-state index contributed by atoms with van der Waals surface area (Å²) in [6.07, 6.45) is 2.58. The summed E-state index contributed by atoms with van der Waals surface area (Å²) in [7, 11) is 0. The Morgan fingerprint density at radius 2 is 1.81 bits per heavy atom. The van der Waals surface area contributed by atoms with Gasteiger partial charge in [0.05, 0.1) is 5.52 Å². The van der Waals surface area contributed by atoms with Crippen molar-refractivity contribution < 1.29 is 4.79 Å². The molecule has 0 unspecified atom stereocenters. The molecule has 2 heterocycles. The van der Waals surface area contributed by atoms with E-state index >= 15 is 0 Å². The highest BCUT2D eigenvalue weighted by Gasteiger charge is 2.25. The number of rotatable bonds is 1. The quantitative estimate of drug-likeness (QED) is 0.636. The average Bonchev–Trinajstić information content (AvgIpc) is 2.82. The van der Waals surface area contributed by atoms with Gasteiger partial charge in [0.25, 0.3) is 0 Å². The standard InChI is InChI=1S/C19H17NO/c1-13-10-11-16-15(12-13)19(14-6-3-2-4-7-14)17-8-5-9-18(21)20(16)17/h2-4,6-7,10-12H,5,8-9H2,1H3. The zero-order valence-corrected chi connectivity index (χ0v) is 12.1. The lowest BCUT2D eigenvalue weighted by Gasteiger charge is -2.16. The first-order valence-corrected chi connectivity index (χ1v) is 7.48. The Balaban J connectivity index is 2.14. The molecule has 3 aromatic rings. The van der Waals surface area contributed by atoms with Gasteiger partial charge in [0.2, 0.25) is 5.91 Å². The van der Waals surface area contributed by atoms with Gasteiger partial charge in [-0.2, -0.15) is 0 Å². The van der Waals surface area contributed by atoms with Crippen LogP contribution in [0.25, 0.3) is 22.0 Å². The summed E-state index contributed by atoms with van der Waals surface area (Å²) in [5.74, 6) is 0.229. The van der Waals surface area contributed by atoms with Crippen molar-refractivity contribution in [2.24, 2.45) is 0 Å². The molecule has 21 heavy (non-hydrogen) atoms. The molecule has 2 nitrogen and oxygen atoms in total. The number of hydrogen-bond donors (Lipinski definition) is 0. The molecule has 104 valence electrons. The normalized spacial score (nSPS) is 14.4. The molecule has 2 aromatic carbocycles. The van der Waals surface area contributed by atoms with E-state index in [0.29, 0.717) is 6.42 Å². The molecule has 0 atom stereocenters. The van der Waals surface area contributed by atoms with Crippen LogP contribution in [0.1, 0.15) is 28.9 Å². The van der Waals surface area contributed by atoms with Crippen molar-refractivity contribution in [2.45, 2.75) is 26.2 Å². The van der Waals surface area contributed by atoms with E-state index in [-0.39, 0.29) is 5.91 Å². The summed E-state index contributed by atoms with van der Waals surface area (Å²) in [5.41, 5.74) is 5.91. The van der Waals surface area contributed by atoms with Gasteiger partial charge < -0.3 is 0 Å². The first-order valence-electron chi connectivity index (χ1n) is 7.48. The number of aromatic nitrogens is 1. The third-order valence-electron chi connectivity index (χ3n) is 4.34. The van der Waals surface area contributed by atoms with Crippen LogP contribution in [-0.2, 0) is 6.42 Å². The van der Waals surface area contributed by atoms with E-state index in [1.54, 1.807) is 0 Å². The van der Waals surface area contributed by atoms with Crippen LogP contribution < -0.4 is 0 Å². The van der Waals surface area contributed by atoms with Gasteiger partial charge in [-0.3, -0.25) is 9.36 Å². The molecule has 1 aromatic heterocycles. The highest BCUT2D eigenvalue weighted by Crippen LogP contribution is 2.38. The van der Waals surface area contributed by atoms with E-state index in [4.69, 9.17) is 0 Å². The molecule has 2 heteroatoms. The van der Waals surface area contributed by atoms with Gasteiger partial charge in [-0.05, 0) is 37.5 Å². The van der Waals surface area contributed by atoms with E-state index < -0.39 is 0 Å². The van der Waals surface area contributed by atoms with Crippen molar-refractivity contribution in [3.63, 3.8) is 0 Å². The fourth-order valence-electron chi connectivity index (χ4n) is 3.43. The number of fused-ring (bicyclic) bond motifs is 3. The number of benzene rings is 2. The van der Waals surface area contributed by atoms with Gasteiger partial charge in [-0.15, -0.1) is 0 Å². The first-order chi connectivity index (χ1) is 10.3. The van der Waals surface area contributed by atoms with Gasteiger partial charge in [-0.25, -0.2) is 0 Å². The molecule has 0 radical (unpaired) electrons. The molecule has 4 rings (SSSR count). The topological polar surface area (TPSA) is 22.0 Å². The van der Waals surface area contributed by atoms with Crippen molar-refractivity contribution in [3.05, 3.63) is 59.8 Å². The monoisotopic (exact) mass is 275 g/mol. The largest absolute Gasteiger partial charge is 0.284 e. The minimum Gasteiger partial charge on any atom is -0.284 e. The smallest absolute Gasteiger partial charge is 0.231 e. The molecule has 0 bridgehead atoms. The van der Waals surface area contributed by atoms with Crippen LogP contribution in [0.4, 0.5) is 0 Å². The molecule has 1 aliphatic heterocycles. The molecular formula is C19H17NO. The second-order valence-electron chi connectivity index (χ2n) is 5.79. The predicted octanol–water partition coefficient (Wildman–Crippen LogP) is 4.59. The van der Waals surface area contributed by atoms with Gasteiger partial charge in [0.15, 0.2) is 0 Å². The molecule has 0 saturated carbocycles.